The highest BCUT2D eigenvalue weighted by Crippen LogP contribution is 2.32. The summed E-state index contributed by atoms with van der Waals surface area (Å²) in [6.07, 6.45) is 4.00. The fourth-order valence-electron chi connectivity index (χ4n) is 5.52. The van der Waals surface area contributed by atoms with Crippen molar-refractivity contribution >= 4 is 52.3 Å². The van der Waals surface area contributed by atoms with Crippen LogP contribution < -0.4 is 0 Å². The number of hydrogen-bond donors (Lipinski definition) is 0. The van der Waals surface area contributed by atoms with Gasteiger partial charge in [0, 0.05) is 45.3 Å². The summed E-state index contributed by atoms with van der Waals surface area (Å²) in [5, 5.41) is 0.238. The van der Waals surface area contributed by atoms with Crippen molar-refractivity contribution in [2.24, 2.45) is 5.92 Å². The van der Waals surface area contributed by atoms with Gasteiger partial charge in [-0.3, -0.25) is 9.69 Å². The second kappa shape index (κ2) is 14.7. The van der Waals surface area contributed by atoms with E-state index in [0.717, 1.165) is 45.1 Å². The van der Waals surface area contributed by atoms with E-state index in [-0.39, 0.29) is 59.9 Å². The lowest BCUT2D eigenvalue weighted by atomic mass is 9.96. The Labute approximate surface area is 239 Å². The maximum absolute atomic E-state index is 13.3. The molecule has 4 rings (SSSR count). The van der Waals surface area contributed by atoms with Crippen LogP contribution in [0.15, 0.2) is 23.1 Å². The quantitative estimate of drug-likeness (QED) is 0.457. The number of aryl methyl sites for hydroxylation is 1. The largest absolute Gasteiger partial charge is 0.370 e. The lowest BCUT2D eigenvalue weighted by Gasteiger charge is -2.38. The minimum absolute atomic E-state index is 0. The number of halogens is 3. The number of ether oxygens (including phenoxy) is 1. The summed E-state index contributed by atoms with van der Waals surface area (Å²) < 4.78 is 33.9. The number of piperazine rings is 1. The summed E-state index contributed by atoms with van der Waals surface area (Å²) in [5.41, 5.74) is 0.634. The van der Waals surface area contributed by atoms with E-state index in [2.05, 4.69) is 16.8 Å². The average Bonchev–Trinajstić information content (AvgIpc) is 3.30. The van der Waals surface area contributed by atoms with Crippen LogP contribution in [0.25, 0.3) is 0 Å². The zero-order valence-electron chi connectivity index (χ0n) is 21.8. The predicted molar refractivity (Wildman–Crippen MR) is 152 cm³/mol. The molecule has 37 heavy (non-hydrogen) atoms. The molecule has 0 saturated carbocycles. The summed E-state index contributed by atoms with van der Waals surface area (Å²) in [7, 11) is -1.54. The zero-order valence-corrected chi connectivity index (χ0v) is 25.0. The van der Waals surface area contributed by atoms with Crippen LogP contribution in [0.1, 0.15) is 31.2 Å². The Hall–Kier alpha value is -0.650. The molecule has 0 bridgehead atoms. The van der Waals surface area contributed by atoms with Crippen LogP contribution >= 0.6 is 36.4 Å². The minimum atomic E-state index is -3.72. The Morgan fingerprint density at radius 2 is 1.70 bits per heavy atom. The van der Waals surface area contributed by atoms with Crippen molar-refractivity contribution in [2.75, 3.05) is 72.6 Å². The molecule has 1 aromatic carbocycles. The molecule has 0 aliphatic carbocycles. The predicted octanol–water partition coefficient (Wildman–Crippen LogP) is 3.15. The molecule has 12 heteroatoms. The average molecular weight is 600 g/mol. The minimum Gasteiger partial charge on any atom is -0.370 e. The molecule has 0 aromatic heterocycles. The monoisotopic (exact) mass is 598 g/mol. The van der Waals surface area contributed by atoms with Crippen molar-refractivity contribution in [1.29, 1.82) is 0 Å². The molecule has 212 valence electrons. The third-order valence-corrected chi connectivity index (χ3v) is 10.3. The molecule has 0 radical (unpaired) electrons. The second-order valence-corrected chi connectivity index (χ2v) is 12.5. The van der Waals surface area contributed by atoms with Crippen LogP contribution in [0.3, 0.4) is 0 Å². The molecule has 3 saturated heterocycles. The topological polar surface area (TPSA) is 73.4 Å². The highest BCUT2D eigenvalue weighted by Gasteiger charge is 2.37. The molecule has 3 aliphatic heterocycles. The van der Waals surface area contributed by atoms with Crippen LogP contribution in [0.4, 0.5) is 0 Å². The molecular weight excluding hydrogens is 559 g/mol. The molecule has 0 N–H and O–H groups in total. The van der Waals surface area contributed by atoms with Gasteiger partial charge in [-0.1, -0.05) is 23.7 Å². The first kappa shape index (κ1) is 32.6. The van der Waals surface area contributed by atoms with E-state index in [1.54, 1.807) is 25.1 Å². The van der Waals surface area contributed by atoms with E-state index in [0.29, 0.717) is 18.5 Å². The van der Waals surface area contributed by atoms with Crippen molar-refractivity contribution in [3.63, 3.8) is 0 Å². The Morgan fingerprint density at radius 3 is 2.35 bits per heavy atom. The van der Waals surface area contributed by atoms with Gasteiger partial charge in [0.25, 0.3) is 0 Å². The highest BCUT2D eigenvalue weighted by atomic mass is 35.5. The molecular formula is C25H41Cl3N4O4S. The van der Waals surface area contributed by atoms with Crippen LogP contribution in [-0.2, 0) is 19.6 Å². The standard InChI is InChI=1S/C25H39ClN4O4S.2ClH/c1-20-5-3-7-23(26)25(20)35(32,33)30-10-4-6-22(30)18-34-19-24(31)29-15-13-28(14-16-29)17-21-8-11-27(2)12-9-21;;/h3,5,7,21-22H,4,6,8-19H2,1-2H3;2*1H. The fourth-order valence-corrected chi connectivity index (χ4v) is 7.98. The summed E-state index contributed by atoms with van der Waals surface area (Å²) in [6.45, 7) is 9.15. The molecule has 0 spiro atoms. The van der Waals surface area contributed by atoms with Gasteiger partial charge in [-0.25, -0.2) is 8.42 Å². The first-order valence-corrected chi connectivity index (χ1v) is 14.6. The van der Waals surface area contributed by atoms with E-state index in [9.17, 15) is 13.2 Å². The number of sulfonamides is 1. The summed E-state index contributed by atoms with van der Waals surface area (Å²) >= 11 is 6.25. The molecule has 3 fully saturated rings. The van der Waals surface area contributed by atoms with Gasteiger partial charge >= 0.3 is 0 Å². The van der Waals surface area contributed by atoms with Gasteiger partial charge in [-0.05, 0) is 70.3 Å². The first-order valence-electron chi connectivity index (χ1n) is 12.8. The fraction of sp³-hybridized carbons (Fsp3) is 0.720. The van der Waals surface area contributed by atoms with Crippen LogP contribution in [0.2, 0.25) is 5.02 Å². The number of carbonyl (C=O) groups is 1. The summed E-state index contributed by atoms with van der Waals surface area (Å²) in [4.78, 5) is 19.6. The molecule has 3 heterocycles. The van der Waals surface area contributed by atoms with Gasteiger partial charge in [-0.15, -0.1) is 24.8 Å². The number of nitrogens with zero attached hydrogens (tertiary/aromatic N) is 4. The Balaban J connectivity index is 0.00000241. The number of carbonyl (C=O) groups excluding carboxylic acids is 1. The molecule has 1 amide bonds. The second-order valence-electron chi connectivity index (χ2n) is 10.2. The third kappa shape index (κ3) is 8.18. The highest BCUT2D eigenvalue weighted by molar-refractivity contribution is 7.89. The van der Waals surface area contributed by atoms with Gasteiger partial charge in [-0.2, -0.15) is 4.31 Å². The number of rotatable bonds is 8. The van der Waals surface area contributed by atoms with Crippen molar-refractivity contribution in [3.8, 4) is 0 Å². The van der Waals surface area contributed by atoms with E-state index in [1.807, 2.05) is 4.90 Å². The number of benzene rings is 1. The van der Waals surface area contributed by atoms with Crippen LogP contribution in [-0.4, -0.2) is 112 Å². The maximum Gasteiger partial charge on any atom is 0.248 e. The number of likely N-dealkylation sites (tertiary alicyclic amines) is 1. The van der Waals surface area contributed by atoms with Crippen molar-refractivity contribution in [2.45, 2.75) is 43.5 Å². The maximum atomic E-state index is 13.3. The summed E-state index contributed by atoms with van der Waals surface area (Å²) in [6, 6.07) is 4.83. The van der Waals surface area contributed by atoms with E-state index < -0.39 is 10.0 Å². The molecule has 1 unspecified atom stereocenters. The number of amides is 1. The Kier molecular flexibility index (Phi) is 12.9. The first-order chi connectivity index (χ1) is 16.8. The van der Waals surface area contributed by atoms with E-state index in [4.69, 9.17) is 16.3 Å². The molecule has 3 aliphatic rings. The Bertz CT molecular complexity index is 964. The van der Waals surface area contributed by atoms with Crippen molar-refractivity contribution in [1.82, 2.24) is 19.0 Å². The molecule has 1 atom stereocenters. The SMILES string of the molecule is Cc1cccc(Cl)c1S(=O)(=O)N1CCCC1COCC(=O)N1CCN(CC2CCN(C)CC2)CC1.Cl.Cl. The molecule has 1 aromatic rings. The van der Waals surface area contributed by atoms with Gasteiger partial charge in [0.2, 0.25) is 15.9 Å². The van der Waals surface area contributed by atoms with Crippen molar-refractivity contribution < 1.29 is 17.9 Å². The van der Waals surface area contributed by atoms with Crippen LogP contribution in [0.5, 0.6) is 0 Å². The lowest BCUT2D eigenvalue weighted by Crippen LogP contribution is -2.51. The normalized spacial score (nSPS) is 22.5. The third-order valence-electron chi connectivity index (χ3n) is 7.67. The lowest BCUT2D eigenvalue weighted by molar-refractivity contribution is -0.138. The molecule has 8 nitrogen and oxygen atoms in total. The van der Waals surface area contributed by atoms with Gasteiger partial charge < -0.3 is 14.5 Å². The van der Waals surface area contributed by atoms with Gasteiger partial charge in [0.15, 0.2) is 0 Å². The van der Waals surface area contributed by atoms with Gasteiger partial charge in [0.1, 0.15) is 11.5 Å². The van der Waals surface area contributed by atoms with Crippen molar-refractivity contribution in [3.05, 3.63) is 28.8 Å². The number of piperidine rings is 1. The van der Waals surface area contributed by atoms with E-state index >= 15 is 0 Å². The van der Waals surface area contributed by atoms with Crippen LogP contribution in [0, 0.1) is 12.8 Å². The van der Waals surface area contributed by atoms with E-state index in [1.165, 1.54) is 30.2 Å². The summed E-state index contributed by atoms with van der Waals surface area (Å²) in [5.74, 6) is 0.746. The zero-order chi connectivity index (χ0) is 25.0. The number of hydrogen-bond acceptors (Lipinski definition) is 6. The Morgan fingerprint density at radius 1 is 1.03 bits per heavy atom. The smallest absolute Gasteiger partial charge is 0.248 e. The van der Waals surface area contributed by atoms with Gasteiger partial charge in [0.05, 0.1) is 11.6 Å².